The van der Waals surface area contributed by atoms with Crippen molar-refractivity contribution >= 4 is 5.91 Å². The number of ether oxygens (including phenoxy) is 2. The lowest BCUT2D eigenvalue weighted by Crippen LogP contribution is -2.30. The molecule has 2 aromatic carbocycles. The van der Waals surface area contributed by atoms with Gasteiger partial charge in [-0.1, -0.05) is 35.5 Å². The summed E-state index contributed by atoms with van der Waals surface area (Å²) in [6, 6.07) is 14.6. The smallest absolute Gasteiger partial charge is 0.254 e. The van der Waals surface area contributed by atoms with Gasteiger partial charge in [0.1, 0.15) is 6.04 Å². The molecule has 1 aromatic heterocycles. The minimum Gasteiger partial charge on any atom is -0.493 e. The number of benzene rings is 2. The molecule has 3 aromatic rings. The van der Waals surface area contributed by atoms with Gasteiger partial charge < -0.3 is 18.9 Å². The number of likely N-dealkylation sites (tertiary alicyclic amines) is 1. The van der Waals surface area contributed by atoms with E-state index in [-0.39, 0.29) is 11.9 Å². The molecule has 1 atom stereocenters. The van der Waals surface area contributed by atoms with Crippen molar-refractivity contribution in [2.24, 2.45) is 0 Å². The quantitative estimate of drug-likeness (QED) is 0.672. The molecule has 7 heteroatoms. The van der Waals surface area contributed by atoms with Gasteiger partial charge in [0.05, 0.1) is 14.2 Å². The Bertz CT molecular complexity index is 971. The van der Waals surface area contributed by atoms with Gasteiger partial charge in [0.2, 0.25) is 11.7 Å². The third-order valence-electron chi connectivity index (χ3n) is 4.90. The summed E-state index contributed by atoms with van der Waals surface area (Å²) in [6.45, 7) is 0.640. The number of hydrogen-bond acceptors (Lipinski definition) is 6. The van der Waals surface area contributed by atoms with Crippen molar-refractivity contribution in [1.29, 1.82) is 0 Å². The van der Waals surface area contributed by atoms with Gasteiger partial charge in [0.25, 0.3) is 5.91 Å². The van der Waals surface area contributed by atoms with Gasteiger partial charge in [0.15, 0.2) is 11.5 Å². The number of nitrogens with zero attached hydrogens (tertiary/aromatic N) is 3. The predicted octanol–water partition coefficient (Wildman–Crippen LogP) is 3.73. The van der Waals surface area contributed by atoms with Gasteiger partial charge in [-0.05, 0) is 31.0 Å². The highest BCUT2D eigenvalue weighted by atomic mass is 16.5. The molecule has 7 nitrogen and oxygen atoms in total. The Kier molecular flexibility index (Phi) is 4.97. The molecule has 1 unspecified atom stereocenters. The molecule has 0 bridgehead atoms. The average molecular weight is 379 g/mol. The Labute approximate surface area is 162 Å². The Morgan fingerprint density at radius 3 is 2.64 bits per heavy atom. The van der Waals surface area contributed by atoms with Crippen LogP contribution in [0, 0.1) is 0 Å². The number of rotatable bonds is 5. The summed E-state index contributed by atoms with van der Waals surface area (Å²) in [7, 11) is 3.12. The van der Waals surface area contributed by atoms with Gasteiger partial charge in [0, 0.05) is 17.7 Å². The number of aromatic nitrogens is 2. The Morgan fingerprint density at radius 2 is 1.89 bits per heavy atom. The fourth-order valence-electron chi connectivity index (χ4n) is 3.48. The van der Waals surface area contributed by atoms with E-state index in [4.69, 9.17) is 14.0 Å². The van der Waals surface area contributed by atoms with Crippen LogP contribution < -0.4 is 9.47 Å². The molecule has 0 aliphatic carbocycles. The van der Waals surface area contributed by atoms with Gasteiger partial charge in [-0.15, -0.1) is 0 Å². The van der Waals surface area contributed by atoms with Crippen molar-refractivity contribution in [3.8, 4) is 22.9 Å². The second kappa shape index (κ2) is 7.72. The molecular formula is C21H21N3O4. The minimum atomic E-state index is -0.231. The van der Waals surface area contributed by atoms with Crippen molar-refractivity contribution in [1.82, 2.24) is 15.0 Å². The van der Waals surface area contributed by atoms with Crippen LogP contribution in [0.5, 0.6) is 11.5 Å². The number of methoxy groups -OCH3 is 2. The van der Waals surface area contributed by atoms with Crippen LogP contribution in [0.15, 0.2) is 53.1 Å². The van der Waals surface area contributed by atoms with E-state index in [1.54, 1.807) is 37.3 Å². The maximum atomic E-state index is 13.1. The molecular weight excluding hydrogens is 358 g/mol. The van der Waals surface area contributed by atoms with E-state index in [9.17, 15) is 4.79 Å². The van der Waals surface area contributed by atoms with Crippen LogP contribution in [0.1, 0.15) is 35.1 Å². The maximum Gasteiger partial charge on any atom is 0.254 e. The first-order valence-corrected chi connectivity index (χ1v) is 9.13. The van der Waals surface area contributed by atoms with E-state index >= 15 is 0 Å². The van der Waals surface area contributed by atoms with Crippen LogP contribution >= 0.6 is 0 Å². The molecule has 28 heavy (non-hydrogen) atoms. The first kappa shape index (κ1) is 18.0. The summed E-state index contributed by atoms with van der Waals surface area (Å²) in [4.78, 5) is 19.4. The maximum absolute atomic E-state index is 13.1. The Balaban J connectivity index is 1.59. The van der Waals surface area contributed by atoms with Crippen LogP contribution in [-0.2, 0) is 0 Å². The third-order valence-corrected chi connectivity index (χ3v) is 4.90. The molecule has 1 aliphatic rings. The van der Waals surface area contributed by atoms with Crippen molar-refractivity contribution < 1.29 is 18.8 Å². The van der Waals surface area contributed by atoms with E-state index in [0.29, 0.717) is 35.3 Å². The first-order valence-electron chi connectivity index (χ1n) is 9.13. The predicted molar refractivity (Wildman–Crippen MR) is 102 cm³/mol. The van der Waals surface area contributed by atoms with Gasteiger partial charge in [-0.2, -0.15) is 4.98 Å². The Hall–Kier alpha value is -3.35. The highest BCUT2D eigenvalue weighted by Crippen LogP contribution is 2.35. The molecule has 0 saturated carbocycles. The van der Waals surface area contributed by atoms with E-state index in [1.807, 2.05) is 30.3 Å². The zero-order chi connectivity index (χ0) is 19.5. The van der Waals surface area contributed by atoms with Gasteiger partial charge >= 0.3 is 0 Å². The molecule has 1 fully saturated rings. The second-order valence-corrected chi connectivity index (χ2v) is 6.55. The summed E-state index contributed by atoms with van der Waals surface area (Å²) < 4.78 is 16.1. The second-order valence-electron chi connectivity index (χ2n) is 6.55. The highest BCUT2D eigenvalue weighted by molar-refractivity contribution is 5.95. The van der Waals surface area contributed by atoms with Gasteiger partial charge in [-0.25, -0.2) is 0 Å². The molecule has 0 radical (unpaired) electrons. The first-order chi connectivity index (χ1) is 13.7. The standard InChI is InChI=1S/C21H21N3O4/c1-26-17-11-10-15(13-18(17)27-2)21(25)24-12-6-9-16(24)20-22-19(23-28-20)14-7-4-3-5-8-14/h3-5,7-8,10-11,13,16H,6,9,12H2,1-2H3. The molecule has 1 aliphatic heterocycles. The molecule has 0 spiro atoms. The number of hydrogen-bond donors (Lipinski definition) is 0. The molecule has 2 heterocycles. The van der Waals surface area contributed by atoms with Crippen LogP contribution in [0.25, 0.3) is 11.4 Å². The highest BCUT2D eigenvalue weighted by Gasteiger charge is 2.35. The van der Waals surface area contributed by atoms with Crippen molar-refractivity contribution in [3.63, 3.8) is 0 Å². The van der Waals surface area contributed by atoms with E-state index in [1.165, 1.54) is 0 Å². The monoisotopic (exact) mass is 379 g/mol. The number of carbonyl (C=O) groups excluding carboxylic acids is 1. The lowest BCUT2D eigenvalue weighted by molar-refractivity contribution is 0.0709. The average Bonchev–Trinajstić information content (AvgIpc) is 3.42. The topological polar surface area (TPSA) is 77.7 Å². The molecule has 1 amide bonds. The number of amides is 1. The summed E-state index contributed by atoms with van der Waals surface area (Å²) >= 11 is 0. The molecule has 144 valence electrons. The normalized spacial score (nSPS) is 16.2. The fraction of sp³-hybridized carbons (Fsp3) is 0.286. The third kappa shape index (κ3) is 3.31. The fourth-order valence-corrected chi connectivity index (χ4v) is 3.48. The van der Waals surface area contributed by atoms with Crippen molar-refractivity contribution in [2.45, 2.75) is 18.9 Å². The van der Waals surface area contributed by atoms with Crippen LogP contribution in [0.2, 0.25) is 0 Å². The molecule has 4 rings (SSSR count). The van der Waals surface area contributed by atoms with Crippen LogP contribution in [-0.4, -0.2) is 41.7 Å². The van der Waals surface area contributed by atoms with Gasteiger partial charge in [-0.3, -0.25) is 4.79 Å². The van der Waals surface area contributed by atoms with E-state index in [2.05, 4.69) is 10.1 Å². The largest absolute Gasteiger partial charge is 0.493 e. The van der Waals surface area contributed by atoms with Crippen LogP contribution in [0.3, 0.4) is 0 Å². The van der Waals surface area contributed by atoms with E-state index < -0.39 is 0 Å². The molecule has 0 N–H and O–H groups in total. The number of carbonyl (C=O) groups is 1. The van der Waals surface area contributed by atoms with Crippen molar-refractivity contribution in [2.75, 3.05) is 20.8 Å². The van der Waals surface area contributed by atoms with Crippen LogP contribution in [0.4, 0.5) is 0 Å². The zero-order valence-electron chi connectivity index (χ0n) is 15.8. The summed E-state index contributed by atoms with van der Waals surface area (Å²) in [5.74, 6) is 2.00. The summed E-state index contributed by atoms with van der Waals surface area (Å²) in [6.07, 6.45) is 1.67. The zero-order valence-corrected chi connectivity index (χ0v) is 15.8. The van der Waals surface area contributed by atoms with E-state index in [0.717, 1.165) is 18.4 Å². The SMILES string of the molecule is COc1ccc(C(=O)N2CCCC2c2nc(-c3ccccc3)no2)cc1OC. The summed E-state index contributed by atoms with van der Waals surface area (Å²) in [5, 5.41) is 4.09. The summed E-state index contributed by atoms with van der Waals surface area (Å²) in [5.41, 5.74) is 1.42. The lowest BCUT2D eigenvalue weighted by Gasteiger charge is -2.22. The molecule has 1 saturated heterocycles. The minimum absolute atomic E-state index is 0.0945. The lowest BCUT2D eigenvalue weighted by atomic mass is 10.1. The Morgan fingerprint density at radius 1 is 1.11 bits per heavy atom. The van der Waals surface area contributed by atoms with Crippen molar-refractivity contribution in [3.05, 3.63) is 60.0 Å².